The van der Waals surface area contributed by atoms with Crippen molar-refractivity contribution in [2.75, 3.05) is 44.0 Å². The first-order chi connectivity index (χ1) is 18.1. The number of nitrogen functional groups attached to an aromatic ring is 1. The van der Waals surface area contributed by atoms with E-state index in [-0.39, 0.29) is 12.2 Å². The minimum Gasteiger partial charge on any atom is -0.471 e. The van der Waals surface area contributed by atoms with Crippen molar-refractivity contribution < 1.29 is 18.9 Å². The summed E-state index contributed by atoms with van der Waals surface area (Å²) < 4.78 is 24.0. The van der Waals surface area contributed by atoms with Gasteiger partial charge in [0.15, 0.2) is 0 Å². The van der Waals surface area contributed by atoms with Crippen molar-refractivity contribution in [2.24, 2.45) is 4.99 Å². The molecule has 0 aliphatic heterocycles. The molecular weight excluding hydrogens is 618 g/mol. The van der Waals surface area contributed by atoms with Gasteiger partial charge in [-0.25, -0.2) is 9.97 Å². The summed E-state index contributed by atoms with van der Waals surface area (Å²) in [7, 11) is 0. The number of pyridine rings is 2. The zero-order chi connectivity index (χ0) is 28.5. The molecule has 2 heterocycles. The predicted octanol–water partition coefficient (Wildman–Crippen LogP) is 6.74. The molecule has 0 spiro atoms. The number of nitrogens with two attached hydrogens (primary N) is 1. The SMILES string of the molecule is CCCOCC(C)Oc1nc(C)c(N)cc1Br.CCCOCC(C)Oc1nc(C)c(NC=NCC)cc1Br. The number of hydrogen-bond donors (Lipinski definition) is 2. The zero-order valence-electron chi connectivity index (χ0n) is 23.6. The van der Waals surface area contributed by atoms with Gasteiger partial charge in [0.2, 0.25) is 11.8 Å². The number of aliphatic imine (C=N–C) groups is 1. The lowest BCUT2D eigenvalue weighted by Gasteiger charge is -2.16. The Kier molecular flexibility index (Phi) is 17.2. The third kappa shape index (κ3) is 13.2. The zero-order valence-corrected chi connectivity index (χ0v) is 26.8. The van der Waals surface area contributed by atoms with Crippen LogP contribution in [0.5, 0.6) is 11.8 Å². The van der Waals surface area contributed by atoms with E-state index in [1.165, 1.54) is 0 Å². The van der Waals surface area contributed by atoms with Crippen LogP contribution in [-0.2, 0) is 9.47 Å². The second kappa shape index (κ2) is 19.2. The molecule has 0 radical (unpaired) electrons. The molecule has 2 unspecified atom stereocenters. The minimum atomic E-state index is -0.0415. The van der Waals surface area contributed by atoms with Gasteiger partial charge in [0.25, 0.3) is 0 Å². The molecule has 0 aliphatic rings. The van der Waals surface area contributed by atoms with Crippen molar-refractivity contribution in [3.63, 3.8) is 0 Å². The normalized spacial score (nSPS) is 12.6. The summed E-state index contributed by atoms with van der Waals surface area (Å²) in [6.45, 7) is 17.2. The smallest absolute Gasteiger partial charge is 0.228 e. The van der Waals surface area contributed by atoms with E-state index in [4.69, 9.17) is 24.7 Å². The lowest BCUT2D eigenvalue weighted by molar-refractivity contribution is 0.0563. The van der Waals surface area contributed by atoms with E-state index in [2.05, 4.69) is 66.0 Å². The Morgan fingerprint density at radius 3 is 1.89 bits per heavy atom. The molecule has 11 heteroatoms. The van der Waals surface area contributed by atoms with E-state index in [1.807, 2.05) is 40.7 Å². The van der Waals surface area contributed by atoms with Crippen LogP contribution in [0.1, 0.15) is 58.8 Å². The molecule has 0 saturated carbocycles. The predicted molar refractivity (Wildman–Crippen MR) is 163 cm³/mol. The third-order valence-electron chi connectivity index (χ3n) is 4.83. The maximum atomic E-state index is 5.81. The Bertz CT molecular complexity index is 994. The van der Waals surface area contributed by atoms with Crippen LogP contribution in [-0.4, -0.2) is 61.5 Å². The molecule has 0 aliphatic carbocycles. The number of aromatic nitrogens is 2. The highest BCUT2D eigenvalue weighted by atomic mass is 79.9. The third-order valence-corrected chi connectivity index (χ3v) is 5.97. The molecule has 3 N–H and O–H groups in total. The van der Waals surface area contributed by atoms with Crippen molar-refractivity contribution >= 4 is 49.6 Å². The molecule has 0 saturated heterocycles. The second-order valence-corrected chi connectivity index (χ2v) is 10.3. The van der Waals surface area contributed by atoms with Crippen LogP contribution in [0.4, 0.5) is 11.4 Å². The molecule has 2 aromatic heterocycles. The summed E-state index contributed by atoms with van der Waals surface area (Å²) in [5.74, 6) is 1.14. The fraction of sp³-hybridized carbons (Fsp3) is 0.593. The summed E-state index contributed by atoms with van der Waals surface area (Å²) >= 11 is 6.87. The van der Waals surface area contributed by atoms with Crippen molar-refractivity contribution in [3.8, 4) is 11.8 Å². The molecule has 0 aromatic carbocycles. The number of ether oxygens (including phenoxy) is 4. The van der Waals surface area contributed by atoms with Gasteiger partial charge in [-0.3, -0.25) is 4.99 Å². The average molecular weight is 661 g/mol. The van der Waals surface area contributed by atoms with Crippen LogP contribution in [0.15, 0.2) is 26.1 Å². The van der Waals surface area contributed by atoms with Gasteiger partial charge >= 0.3 is 0 Å². The minimum absolute atomic E-state index is 0.0339. The molecular formula is C27H43Br2N5O4. The van der Waals surface area contributed by atoms with Crippen LogP contribution in [0.25, 0.3) is 0 Å². The van der Waals surface area contributed by atoms with E-state index in [1.54, 1.807) is 12.4 Å². The highest BCUT2D eigenvalue weighted by Gasteiger charge is 2.12. The van der Waals surface area contributed by atoms with Crippen molar-refractivity contribution in [1.29, 1.82) is 0 Å². The number of aryl methyl sites for hydroxylation is 2. The van der Waals surface area contributed by atoms with E-state index in [0.717, 1.165) is 58.6 Å². The Labute approximate surface area is 244 Å². The Morgan fingerprint density at radius 1 is 0.895 bits per heavy atom. The number of nitrogens with zero attached hydrogens (tertiary/aromatic N) is 3. The van der Waals surface area contributed by atoms with Crippen molar-refractivity contribution in [1.82, 2.24) is 9.97 Å². The molecule has 0 bridgehead atoms. The maximum absolute atomic E-state index is 5.81. The van der Waals surface area contributed by atoms with E-state index < -0.39 is 0 Å². The first-order valence-electron chi connectivity index (χ1n) is 13.0. The molecule has 214 valence electrons. The largest absolute Gasteiger partial charge is 0.471 e. The maximum Gasteiger partial charge on any atom is 0.228 e. The molecule has 2 rings (SSSR count). The fourth-order valence-corrected chi connectivity index (χ4v) is 3.73. The topological polar surface area (TPSA) is 113 Å². The molecule has 2 atom stereocenters. The molecule has 38 heavy (non-hydrogen) atoms. The van der Waals surface area contributed by atoms with Gasteiger partial charge in [0.05, 0.1) is 51.3 Å². The lowest BCUT2D eigenvalue weighted by Crippen LogP contribution is -2.20. The summed E-state index contributed by atoms with van der Waals surface area (Å²) in [6, 6.07) is 3.75. The second-order valence-electron chi connectivity index (χ2n) is 8.64. The Morgan fingerprint density at radius 2 is 1.39 bits per heavy atom. The highest BCUT2D eigenvalue weighted by molar-refractivity contribution is 9.10. The van der Waals surface area contributed by atoms with Crippen LogP contribution in [0, 0.1) is 13.8 Å². The monoisotopic (exact) mass is 659 g/mol. The highest BCUT2D eigenvalue weighted by Crippen LogP contribution is 2.29. The number of halogens is 2. The molecule has 0 amide bonds. The van der Waals surface area contributed by atoms with Gasteiger partial charge in [-0.1, -0.05) is 13.8 Å². The number of anilines is 2. The van der Waals surface area contributed by atoms with E-state index in [0.29, 0.717) is 30.7 Å². The first-order valence-corrected chi connectivity index (χ1v) is 14.5. The van der Waals surface area contributed by atoms with Crippen molar-refractivity contribution in [3.05, 3.63) is 32.5 Å². The standard InChI is InChI=1S/C15H24BrN3O2.C12H19BrN2O2/c1-5-7-20-9-11(3)21-15-13(16)8-14(12(4)19-15)18-10-17-6-2;1-4-5-16-7-8(2)17-12-10(13)6-11(14)9(3)15-12/h8,10-11H,5-7,9H2,1-4H3,(H,17,18);6,8H,4-5,7,14H2,1-3H3. The van der Waals surface area contributed by atoms with Crippen molar-refractivity contribution in [2.45, 2.75) is 73.5 Å². The average Bonchev–Trinajstić information content (AvgIpc) is 2.86. The van der Waals surface area contributed by atoms with Crippen LogP contribution >= 0.6 is 31.9 Å². The van der Waals surface area contributed by atoms with Crippen LogP contribution < -0.4 is 20.5 Å². The quantitative estimate of drug-likeness (QED) is 0.123. The van der Waals surface area contributed by atoms with Gasteiger partial charge in [-0.2, -0.15) is 0 Å². The number of rotatable bonds is 15. The van der Waals surface area contributed by atoms with Gasteiger partial charge in [-0.05, 0) is 91.5 Å². The van der Waals surface area contributed by atoms with Gasteiger partial charge in [0.1, 0.15) is 12.2 Å². The number of hydrogen-bond acceptors (Lipinski definition) is 8. The van der Waals surface area contributed by atoms with Crippen LogP contribution in [0.3, 0.4) is 0 Å². The Hall–Kier alpha value is -1.95. The summed E-state index contributed by atoms with van der Waals surface area (Å²) in [4.78, 5) is 12.9. The Balaban J connectivity index is 0.000000389. The van der Waals surface area contributed by atoms with Gasteiger partial charge in [0, 0.05) is 19.8 Å². The molecule has 9 nitrogen and oxygen atoms in total. The van der Waals surface area contributed by atoms with Gasteiger partial charge < -0.3 is 30.0 Å². The number of nitrogens with one attached hydrogen (secondary N) is 1. The van der Waals surface area contributed by atoms with Gasteiger partial charge in [-0.15, -0.1) is 0 Å². The summed E-state index contributed by atoms with van der Waals surface area (Å²) in [6.07, 6.45) is 3.62. The molecule has 2 aromatic rings. The van der Waals surface area contributed by atoms with E-state index in [9.17, 15) is 0 Å². The summed E-state index contributed by atoms with van der Waals surface area (Å²) in [5, 5.41) is 3.11. The lowest BCUT2D eigenvalue weighted by atomic mass is 10.3. The molecule has 0 fully saturated rings. The van der Waals surface area contributed by atoms with E-state index >= 15 is 0 Å². The first kappa shape index (κ1) is 34.1. The summed E-state index contributed by atoms with van der Waals surface area (Å²) in [5.41, 5.74) is 8.93. The fourth-order valence-electron chi connectivity index (χ4n) is 2.89. The van der Waals surface area contributed by atoms with Crippen LogP contribution in [0.2, 0.25) is 0 Å².